The third kappa shape index (κ3) is 5.39. The monoisotopic (exact) mass is 315 g/mol. The summed E-state index contributed by atoms with van der Waals surface area (Å²) in [6, 6.07) is 8.44. The van der Waals surface area contributed by atoms with E-state index < -0.39 is 0 Å². The van der Waals surface area contributed by atoms with Crippen LogP contribution in [0.25, 0.3) is 10.9 Å². The first-order valence-corrected chi connectivity index (χ1v) is 8.33. The molecule has 1 unspecified atom stereocenters. The van der Waals surface area contributed by atoms with Gasteiger partial charge in [0.05, 0.1) is 18.3 Å². The first kappa shape index (κ1) is 17.5. The molecular weight excluding hydrogens is 286 g/mol. The van der Waals surface area contributed by atoms with Gasteiger partial charge in [0.15, 0.2) is 0 Å². The van der Waals surface area contributed by atoms with Crippen LogP contribution in [0.5, 0.6) is 5.75 Å². The minimum absolute atomic E-state index is 0.184. The molecule has 1 atom stereocenters. The number of pyridine rings is 1. The molecule has 0 aliphatic rings. The summed E-state index contributed by atoms with van der Waals surface area (Å²) in [4.78, 5) is 4.51. The van der Waals surface area contributed by atoms with Gasteiger partial charge in [0.1, 0.15) is 5.75 Å². The molecule has 23 heavy (non-hydrogen) atoms. The Morgan fingerprint density at radius 3 is 2.74 bits per heavy atom. The molecule has 4 heteroatoms. The van der Waals surface area contributed by atoms with Crippen LogP contribution in [0.1, 0.15) is 40.5 Å². The van der Waals surface area contributed by atoms with Gasteiger partial charge < -0.3 is 15.4 Å². The first-order chi connectivity index (χ1) is 10.9. The summed E-state index contributed by atoms with van der Waals surface area (Å²) in [5.41, 5.74) is 2.22. The van der Waals surface area contributed by atoms with Crippen LogP contribution in [0.2, 0.25) is 0 Å². The summed E-state index contributed by atoms with van der Waals surface area (Å²) >= 11 is 0. The average Bonchev–Trinajstić information content (AvgIpc) is 2.50. The molecule has 0 saturated heterocycles. The van der Waals surface area contributed by atoms with Gasteiger partial charge in [0.25, 0.3) is 0 Å². The smallest absolute Gasteiger partial charge is 0.121 e. The number of fused-ring (bicyclic) bond motifs is 1. The quantitative estimate of drug-likeness (QED) is 0.751. The number of anilines is 1. The maximum atomic E-state index is 5.40. The number of ether oxygens (including phenoxy) is 1. The summed E-state index contributed by atoms with van der Waals surface area (Å²) in [5, 5.41) is 8.21. The van der Waals surface area contributed by atoms with E-state index in [2.05, 4.69) is 49.4 Å². The van der Waals surface area contributed by atoms with E-state index >= 15 is 0 Å². The maximum Gasteiger partial charge on any atom is 0.121 e. The molecule has 1 aromatic heterocycles. The van der Waals surface area contributed by atoms with Crippen molar-refractivity contribution in [2.45, 2.75) is 52.1 Å². The molecule has 2 rings (SSSR count). The summed E-state index contributed by atoms with van der Waals surface area (Å²) in [5.74, 6) is 0.856. The highest BCUT2D eigenvalue weighted by Crippen LogP contribution is 2.28. The lowest BCUT2D eigenvalue weighted by atomic mass is 10.1. The van der Waals surface area contributed by atoms with Crippen molar-refractivity contribution in [3.05, 3.63) is 30.5 Å². The number of benzene rings is 1. The zero-order chi connectivity index (χ0) is 16.9. The van der Waals surface area contributed by atoms with Gasteiger partial charge in [-0.3, -0.25) is 4.98 Å². The summed E-state index contributed by atoms with van der Waals surface area (Å²) in [6.45, 7) is 9.84. The van der Waals surface area contributed by atoms with E-state index in [1.807, 2.05) is 24.4 Å². The van der Waals surface area contributed by atoms with E-state index in [1.165, 1.54) is 0 Å². The number of aromatic nitrogens is 1. The predicted octanol–water partition coefficient (Wildman–Crippen LogP) is 4.21. The molecule has 1 aromatic carbocycles. The zero-order valence-corrected chi connectivity index (χ0v) is 14.9. The second kappa shape index (κ2) is 7.64. The van der Waals surface area contributed by atoms with Crippen molar-refractivity contribution in [1.82, 2.24) is 10.3 Å². The standard InChI is InChI=1S/C19H29N3O/c1-14(8-6-11-21-19(2,3)4)22-17-13-16(23-5)12-15-9-7-10-20-18(15)17/h7,9-10,12-14,21-22H,6,8,11H2,1-5H3. The molecule has 0 spiro atoms. The molecule has 4 nitrogen and oxygen atoms in total. The van der Waals surface area contributed by atoms with E-state index in [4.69, 9.17) is 4.74 Å². The topological polar surface area (TPSA) is 46.2 Å². The van der Waals surface area contributed by atoms with Gasteiger partial charge in [-0.1, -0.05) is 6.07 Å². The van der Waals surface area contributed by atoms with Gasteiger partial charge >= 0.3 is 0 Å². The molecule has 0 aliphatic carbocycles. The van der Waals surface area contributed by atoms with Crippen LogP contribution in [0.3, 0.4) is 0 Å². The number of methoxy groups -OCH3 is 1. The summed E-state index contributed by atoms with van der Waals surface area (Å²) < 4.78 is 5.40. The fourth-order valence-electron chi connectivity index (χ4n) is 2.60. The molecule has 126 valence electrons. The van der Waals surface area contributed by atoms with Crippen molar-refractivity contribution in [2.24, 2.45) is 0 Å². The van der Waals surface area contributed by atoms with E-state index in [1.54, 1.807) is 7.11 Å². The van der Waals surface area contributed by atoms with E-state index in [0.29, 0.717) is 6.04 Å². The molecule has 0 fully saturated rings. The Morgan fingerprint density at radius 1 is 1.26 bits per heavy atom. The number of hydrogen-bond acceptors (Lipinski definition) is 4. The van der Waals surface area contributed by atoms with Gasteiger partial charge in [0.2, 0.25) is 0 Å². The van der Waals surface area contributed by atoms with Gasteiger partial charge in [-0.2, -0.15) is 0 Å². The Morgan fingerprint density at radius 2 is 2.04 bits per heavy atom. The molecular formula is C19H29N3O. The molecule has 0 amide bonds. The highest BCUT2D eigenvalue weighted by Gasteiger charge is 2.10. The lowest BCUT2D eigenvalue weighted by Crippen LogP contribution is -2.36. The van der Waals surface area contributed by atoms with Crippen LogP contribution in [0, 0.1) is 0 Å². The number of hydrogen-bond donors (Lipinski definition) is 2. The molecule has 1 heterocycles. The van der Waals surface area contributed by atoms with E-state index in [0.717, 1.165) is 41.7 Å². The Labute approximate surface area is 139 Å². The minimum Gasteiger partial charge on any atom is -0.497 e. The number of nitrogens with zero attached hydrogens (tertiary/aromatic N) is 1. The van der Waals surface area contributed by atoms with Gasteiger partial charge in [-0.15, -0.1) is 0 Å². The highest BCUT2D eigenvalue weighted by atomic mass is 16.5. The molecule has 0 radical (unpaired) electrons. The normalized spacial score (nSPS) is 13.1. The van der Waals surface area contributed by atoms with Crippen molar-refractivity contribution in [3.8, 4) is 5.75 Å². The second-order valence-electron chi connectivity index (χ2n) is 7.11. The second-order valence-corrected chi connectivity index (χ2v) is 7.11. The predicted molar refractivity (Wildman–Crippen MR) is 98.4 cm³/mol. The van der Waals surface area contributed by atoms with Crippen LogP contribution in [0.15, 0.2) is 30.5 Å². The lowest BCUT2D eigenvalue weighted by molar-refractivity contribution is 0.414. The van der Waals surface area contributed by atoms with Crippen LogP contribution in [-0.2, 0) is 0 Å². The van der Waals surface area contributed by atoms with Crippen LogP contribution >= 0.6 is 0 Å². The average molecular weight is 315 g/mol. The van der Waals surface area contributed by atoms with Crippen molar-refractivity contribution in [1.29, 1.82) is 0 Å². The SMILES string of the molecule is COc1cc(NC(C)CCCNC(C)(C)C)c2ncccc2c1. The Bertz CT molecular complexity index is 634. The Hall–Kier alpha value is -1.81. The van der Waals surface area contributed by atoms with E-state index in [9.17, 15) is 0 Å². The minimum atomic E-state index is 0.184. The Balaban J connectivity index is 2.00. The van der Waals surface area contributed by atoms with Crippen molar-refractivity contribution < 1.29 is 4.74 Å². The van der Waals surface area contributed by atoms with Gasteiger partial charge in [-0.05, 0) is 59.2 Å². The third-order valence-corrected chi connectivity index (χ3v) is 3.79. The molecule has 2 aromatic rings. The zero-order valence-electron chi connectivity index (χ0n) is 14.9. The largest absolute Gasteiger partial charge is 0.497 e. The fourth-order valence-corrected chi connectivity index (χ4v) is 2.60. The van der Waals surface area contributed by atoms with Crippen LogP contribution in [-0.4, -0.2) is 30.2 Å². The fraction of sp³-hybridized carbons (Fsp3) is 0.526. The maximum absolute atomic E-state index is 5.40. The van der Waals surface area contributed by atoms with Crippen molar-refractivity contribution >= 4 is 16.6 Å². The van der Waals surface area contributed by atoms with Crippen LogP contribution < -0.4 is 15.4 Å². The Kier molecular flexibility index (Phi) is 5.83. The van der Waals surface area contributed by atoms with Gasteiger partial charge in [-0.25, -0.2) is 0 Å². The number of nitrogens with one attached hydrogen (secondary N) is 2. The van der Waals surface area contributed by atoms with Crippen molar-refractivity contribution in [2.75, 3.05) is 19.0 Å². The molecule has 0 aliphatic heterocycles. The molecule has 2 N–H and O–H groups in total. The van der Waals surface area contributed by atoms with E-state index in [-0.39, 0.29) is 5.54 Å². The summed E-state index contributed by atoms with van der Waals surface area (Å²) in [7, 11) is 1.70. The van der Waals surface area contributed by atoms with Crippen LogP contribution in [0.4, 0.5) is 5.69 Å². The molecule has 0 saturated carbocycles. The third-order valence-electron chi connectivity index (χ3n) is 3.79. The highest BCUT2D eigenvalue weighted by molar-refractivity contribution is 5.91. The summed E-state index contributed by atoms with van der Waals surface area (Å²) in [6.07, 6.45) is 4.08. The van der Waals surface area contributed by atoms with Crippen molar-refractivity contribution in [3.63, 3.8) is 0 Å². The molecule has 0 bridgehead atoms. The van der Waals surface area contributed by atoms with Gasteiger partial charge in [0, 0.05) is 29.2 Å². The first-order valence-electron chi connectivity index (χ1n) is 8.33. The lowest BCUT2D eigenvalue weighted by Gasteiger charge is -2.22. The number of rotatable bonds is 7.